The van der Waals surface area contributed by atoms with Crippen LogP contribution in [-0.4, -0.2) is 67.8 Å². The predicted octanol–water partition coefficient (Wildman–Crippen LogP) is 4.48. The first-order chi connectivity index (χ1) is 18.3. The number of hydrogen-bond donors (Lipinski definition) is 3. The van der Waals surface area contributed by atoms with Gasteiger partial charge >= 0.3 is 0 Å². The van der Waals surface area contributed by atoms with Crippen LogP contribution in [0.4, 0.5) is 11.4 Å². The summed E-state index contributed by atoms with van der Waals surface area (Å²) in [5.41, 5.74) is 4.33. The summed E-state index contributed by atoms with van der Waals surface area (Å²) in [7, 11) is -2.14. The molecule has 1 aliphatic heterocycles. The molecule has 0 unspecified atom stereocenters. The van der Waals surface area contributed by atoms with Crippen molar-refractivity contribution in [2.75, 3.05) is 38.1 Å². The maximum Gasteiger partial charge on any atom is 0.243 e. The normalized spacial score (nSPS) is 15.1. The molecular formula is C29H33N5O3S. The first kappa shape index (κ1) is 26.0. The lowest BCUT2D eigenvalue weighted by Gasteiger charge is -2.29. The molecule has 9 heteroatoms. The van der Waals surface area contributed by atoms with Gasteiger partial charge in [0.05, 0.1) is 21.9 Å². The third-order valence-corrected chi connectivity index (χ3v) is 9.04. The number of nitrogens with zero attached hydrogens (tertiary/aromatic N) is 3. The topological polar surface area (TPSA) is 101 Å². The molecule has 0 spiro atoms. The van der Waals surface area contributed by atoms with Crippen molar-refractivity contribution < 1.29 is 13.5 Å². The Labute approximate surface area is 223 Å². The van der Waals surface area contributed by atoms with Crippen LogP contribution in [0.2, 0.25) is 0 Å². The van der Waals surface area contributed by atoms with Crippen molar-refractivity contribution in [3.05, 3.63) is 83.9 Å². The van der Waals surface area contributed by atoms with Gasteiger partial charge in [-0.05, 0) is 56.3 Å². The number of piperazine rings is 1. The lowest BCUT2D eigenvalue weighted by atomic mass is 10.0. The van der Waals surface area contributed by atoms with Crippen molar-refractivity contribution in [2.45, 2.75) is 24.8 Å². The highest BCUT2D eigenvalue weighted by molar-refractivity contribution is 7.89. The van der Waals surface area contributed by atoms with E-state index in [0.29, 0.717) is 22.2 Å². The van der Waals surface area contributed by atoms with Crippen LogP contribution in [0.5, 0.6) is 5.88 Å². The minimum Gasteiger partial charge on any atom is -0.494 e. The first-order valence-electron chi connectivity index (χ1n) is 12.8. The second kappa shape index (κ2) is 10.6. The molecule has 2 heterocycles. The molecule has 0 bridgehead atoms. The van der Waals surface area contributed by atoms with Gasteiger partial charge in [0.15, 0.2) is 5.88 Å². The van der Waals surface area contributed by atoms with Crippen molar-refractivity contribution >= 4 is 38.0 Å². The maximum atomic E-state index is 13.2. The number of H-pyrrole nitrogens is 1. The molecule has 1 fully saturated rings. The Hall–Kier alpha value is -3.66. The molecule has 0 aliphatic carbocycles. The van der Waals surface area contributed by atoms with Crippen molar-refractivity contribution in [3.63, 3.8) is 0 Å². The number of aliphatic imine (C=N–C) groups is 1. The van der Waals surface area contributed by atoms with E-state index in [0.717, 1.165) is 43.1 Å². The van der Waals surface area contributed by atoms with Crippen LogP contribution >= 0.6 is 0 Å². The van der Waals surface area contributed by atoms with Gasteiger partial charge in [0.25, 0.3) is 0 Å². The fourth-order valence-corrected chi connectivity index (χ4v) is 6.05. The summed E-state index contributed by atoms with van der Waals surface area (Å²) in [4.78, 5) is 10.5. The largest absolute Gasteiger partial charge is 0.494 e. The molecule has 1 aromatic heterocycles. The average Bonchev–Trinajstić information content (AvgIpc) is 3.27. The average molecular weight is 532 g/mol. The zero-order valence-corrected chi connectivity index (χ0v) is 22.7. The number of aromatic nitrogens is 1. The molecule has 1 aliphatic rings. The van der Waals surface area contributed by atoms with E-state index in [1.54, 1.807) is 25.2 Å². The van der Waals surface area contributed by atoms with Gasteiger partial charge in [0, 0.05) is 61.4 Å². The van der Waals surface area contributed by atoms with Crippen LogP contribution in [0.3, 0.4) is 0 Å². The highest BCUT2D eigenvalue weighted by Gasteiger charge is 2.26. The Morgan fingerprint density at radius 2 is 1.68 bits per heavy atom. The summed E-state index contributed by atoms with van der Waals surface area (Å²) in [5.74, 6) is -0.0631. The van der Waals surface area contributed by atoms with Gasteiger partial charge in [-0.15, -0.1) is 0 Å². The van der Waals surface area contributed by atoms with Crippen LogP contribution in [0.25, 0.3) is 10.9 Å². The van der Waals surface area contributed by atoms with Crippen LogP contribution in [-0.2, 0) is 10.0 Å². The van der Waals surface area contributed by atoms with E-state index in [-0.39, 0.29) is 16.8 Å². The van der Waals surface area contributed by atoms with Crippen molar-refractivity contribution in [1.82, 2.24) is 14.6 Å². The summed E-state index contributed by atoms with van der Waals surface area (Å²) in [6.07, 6.45) is 0. The quantitative estimate of drug-likeness (QED) is 0.305. The lowest BCUT2D eigenvalue weighted by molar-refractivity contribution is 0.410. The van der Waals surface area contributed by atoms with E-state index >= 15 is 0 Å². The van der Waals surface area contributed by atoms with Gasteiger partial charge < -0.3 is 20.3 Å². The maximum absolute atomic E-state index is 13.2. The first-order valence-corrected chi connectivity index (χ1v) is 14.2. The van der Waals surface area contributed by atoms with Gasteiger partial charge in [-0.3, -0.25) is 0 Å². The number of sulfonamides is 1. The zero-order chi connectivity index (χ0) is 26.9. The van der Waals surface area contributed by atoms with E-state index in [4.69, 9.17) is 4.99 Å². The predicted molar refractivity (Wildman–Crippen MR) is 153 cm³/mol. The molecule has 8 nitrogen and oxygen atoms in total. The lowest BCUT2D eigenvalue weighted by Crippen LogP contribution is -2.43. The van der Waals surface area contributed by atoms with Crippen molar-refractivity contribution in [3.8, 4) is 5.88 Å². The SMILES string of the molecule is CC(C)N(C)S(=O)(=O)c1ccc2[nH]c(O)c(C(=Nc3ccc(N4CCNCC4)cc3)c3ccccc3)c2c1. The summed E-state index contributed by atoms with van der Waals surface area (Å²) in [6, 6.07) is 22.3. The smallest absolute Gasteiger partial charge is 0.243 e. The number of benzene rings is 3. The molecule has 3 N–H and O–H groups in total. The van der Waals surface area contributed by atoms with Gasteiger partial charge in [0.1, 0.15) is 0 Å². The third kappa shape index (κ3) is 5.05. The Morgan fingerprint density at radius 1 is 1.00 bits per heavy atom. The standard InChI is InChI=1S/C29H33N5O3S/c1-20(2)33(3)38(36,37)24-13-14-26-25(19-24)27(29(35)32-26)28(21-7-5-4-6-8-21)31-22-9-11-23(12-10-22)34-17-15-30-16-18-34/h4-14,19-20,30,32,35H,15-18H2,1-3H3. The number of nitrogens with one attached hydrogen (secondary N) is 2. The minimum absolute atomic E-state index is 0.0631. The number of fused-ring (bicyclic) bond motifs is 1. The summed E-state index contributed by atoms with van der Waals surface area (Å²) >= 11 is 0. The summed E-state index contributed by atoms with van der Waals surface area (Å²) in [5, 5.41) is 15.0. The number of aromatic hydroxyl groups is 1. The van der Waals surface area contributed by atoms with E-state index in [1.807, 2.05) is 56.3 Å². The number of rotatable bonds is 7. The number of hydrogen-bond acceptors (Lipinski definition) is 6. The molecule has 1 saturated heterocycles. The van der Waals surface area contributed by atoms with Crippen LogP contribution < -0.4 is 10.2 Å². The van der Waals surface area contributed by atoms with Crippen LogP contribution in [0.1, 0.15) is 25.0 Å². The fraction of sp³-hybridized carbons (Fsp3) is 0.276. The molecule has 198 valence electrons. The Kier molecular flexibility index (Phi) is 7.25. The van der Waals surface area contributed by atoms with E-state index in [2.05, 4.69) is 27.3 Å². The monoisotopic (exact) mass is 531 g/mol. The van der Waals surface area contributed by atoms with Crippen LogP contribution in [0, 0.1) is 0 Å². The zero-order valence-electron chi connectivity index (χ0n) is 21.8. The summed E-state index contributed by atoms with van der Waals surface area (Å²) < 4.78 is 27.8. The molecule has 38 heavy (non-hydrogen) atoms. The highest BCUT2D eigenvalue weighted by Crippen LogP contribution is 2.34. The van der Waals surface area contributed by atoms with Gasteiger partial charge in [-0.1, -0.05) is 30.3 Å². The fourth-order valence-electron chi connectivity index (χ4n) is 4.65. The molecule has 0 saturated carbocycles. The number of aromatic amines is 1. The number of anilines is 1. The molecule has 0 atom stereocenters. The van der Waals surface area contributed by atoms with Gasteiger partial charge in [-0.2, -0.15) is 4.31 Å². The minimum atomic E-state index is -3.71. The van der Waals surface area contributed by atoms with E-state index in [1.165, 1.54) is 4.31 Å². The second-order valence-corrected chi connectivity index (χ2v) is 11.7. The molecule has 5 rings (SSSR count). The Bertz CT molecular complexity index is 1560. The van der Waals surface area contributed by atoms with Crippen LogP contribution in [0.15, 0.2) is 82.7 Å². The molecule has 3 aromatic carbocycles. The Balaban J connectivity index is 1.63. The van der Waals surface area contributed by atoms with Crippen molar-refractivity contribution in [1.29, 1.82) is 0 Å². The highest BCUT2D eigenvalue weighted by atomic mass is 32.2. The molecular weight excluding hydrogens is 498 g/mol. The molecule has 0 amide bonds. The second-order valence-electron chi connectivity index (χ2n) is 9.75. The van der Waals surface area contributed by atoms with Gasteiger partial charge in [0.2, 0.25) is 10.0 Å². The molecule has 0 radical (unpaired) electrons. The Morgan fingerprint density at radius 3 is 2.34 bits per heavy atom. The van der Waals surface area contributed by atoms with E-state index < -0.39 is 10.0 Å². The van der Waals surface area contributed by atoms with Gasteiger partial charge in [-0.25, -0.2) is 13.4 Å². The summed E-state index contributed by atoms with van der Waals surface area (Å²) in [6.45, 7) is 7.50. The van der Waals surface area contributed by atoms with E-state index in [9.17, 15) is 13.5 Å². The third-order valence-electron chi connectivity index (χ3n) is 7.01. The van der Waals surface area contributed by atoms with Crippen molar-refractivity contribution in [2.24, 2.45) is 4.99 Å². The molecule has 4 aromatic rings.